The third-order valence-corrected chi connectivity index (χ3v) is 5.85. The van der Waals surface area contributed by atoms with Gasteiger partial charge < -0.3 is 19.9 Å². The summed E-state index contributed by atoms with van der Waals surface area (Å²) in [7, 11) is 2.01. The Kier molecular flexibility index (Phi) is 7.52. The molecule has 1 atom stereocenters. The van der Waals surface area contributed by atoms with Crippen molar-refractivity contribution in [3.8, 4) is 0 Å². The topological polar surface area (TPSA) is 75.0 Å². The first kappa shape index (κ1) is 21.6. The molecule has 0 aliphatic carbocycles. The highest BCUT2D eigenvalue weighted by molar-refractivity contribution is 5.82. The lowest BCUT2D eigenvalue weighted by Crippen LogP contribution is -2.55. The van der Waals surface area contributed by atoms with Crippen molar-refractivity contribution >= 4 is 11.9 Å². The van der Waals surface area contributed by atoms with Gasteiger partial charge in [-0.05, 0) is 32.6 Å². The maximum absolute atomic E-state index is 12.6. The van der Waals surface area contributed by atoms with Crippen LogP contribution in [0.2, 0.25) is 0 Å². The van der Waals surface area contributed by atoms with Gasteiger partial charge in [0.2, 0.25) is 0 Å². The number of aliphatic imine (C=N–C) groups is 1. The standard InChI is InChI=1S/C21H36N6O2/c1-5-17-16(18(6-2)25(4)24-17)15-23-21(22-7-3)27-12-10-26(11-13-27)20(28)19-9-8-14-29-19/h19H,5-15H2,1-4H3,(H,22,23). The fourth-order valence-corrected chi connectivity index (χ4v) is 4.27. The van der Waals surface area contributed by atoms with Crippen LogP contribution in [0.1, 0.15) is 50.6 Å². The first-order valence-corrected chi connectivity index (χ1v) is 11.1. The number of piperazine rings is 1. The van der Waals surface area contributed by atoms with E-state index in [4.69, 9.17) is 9.73 Å². The third kappa shape index (κ3) is 4.91. The van der Waals surface area contributed by atoms with Crippen LogP contribution in [0.5, 0.6) is 0 Å². The molecule has 0 aromatic carbocycles. The Balaban J connectivity index is 1.65. The van der Waals surface area contributed by atoms with Crippen LogP contribution in [0.4, 0.5) is 0 Å². The molecular formula is C21H36N6O2. The van der Waals surface area contributed by atoms with E-state index in [1.54, 1.807) is 0 Å². The molecule has 1 aromatic rings. The third-order valence-electron chi connectivity index (χ3n) is 5.85. The fraction of sp³-hybridized carbons (Fsp3) is 0.762. The summed E-state index contributed by atoms with van der Waals surface area (Å²) in [6, 6.07) is 0. The van der Waals surface area contributed by atoms with Crippen LogP contribution in [0.15, 0.2) is 4.99 Å². The van der Waals surface area contributed by atoms with Crippen LogP contribution in [0.3, 0.4) is 0 Å². The lowest BCUT2D eigenvalue weighted by Gasteiger charge is -2.37. The van der Waals surface area contributed by atoms with Gasteiger partial charge in [0.15, 0.2) is 5.96 Å². The van der Waals surface area contributed by atoms with Gasteiger partial charge in [-0.1, -0.05) is 13.8 Å². The molecule has 3 heterocycles. The van der Waals surface area contributed by atoms with E-state index in [1.807, 2.05) is 16.6 Å². The number of rotatable bonds is 6. The Morgan fingerprint density at radius 1 is 1.17 bits per heavy atom. The quantitative estimate of drug-likeness (QED) is 0.572. The van der Waals surface area contributed by atoms with Crippen molar-refractivity contribution in [2.24, 2.45) is 12.0 Å². The van der Waals surface area contributed by atoms with Gasteiger partial charge in [-0.2, -0.15) is 5.10 Å². The number of carbonyl (C=O) groups is 1. The Hall–Kier alpha value is -2.09. The van der Waals surface area contributed by atoms with Crippen molar-refractivity contribution in [2.45, 2.75) is 59.1 Å². The molecule has 0 saturated carbocycles. The second-order valence-electron chi connectivity index (χ2n) is 7.69. The predicted molar refractivity (Wildman–Crippen MR) is 114 cm³/mol. The molecule has 3 rings (SSSR count). The molecule has 8 nitrogen and oxygen atoms in total. The Labute approximate surface area is 174 Å². The molecule has 2 aliphatic rings. The lowest BCUT2D eigenvalue weighted by atomic mass is 10.1. The summed E-state index contributed by atoms with van der Waals surface area (Å²) in [6.45, 7) is 11.6. The Bertz CT molecular complexity index is 715. The van der Waals surface area contributed by atoms with Gasteiger partial charge in [0, 0.05) is 57.6 Å². The Morgan fingerprint density at radius 3 is 2.48 bits per heavy atom. The first-order chi connectivity index (χ1) is 14.1. The molecule has 29 heavy (non-hydrogen) atoms. The smallest absolute Gasteiger partial charge is 0.251 e. The zero-order chi connectivity index (χ0) is 20.8. The Morgan fingerprint density at radius 2 is 1.90 bits per heavy atom. The number of aromatic nitrogens is 2. The summed E-state index contributed by atoms with van der Waals surface area (Å²) < 4.78 is 7.56. The second-order valence-corrected chi connectivity index (χ2v) is 7.69. The van der Waals surface area contributed by atoms with E-state index in [-0.39, 0.29) is 12.0 Å². The molecule has 2 aliphatic heterocycles. The molecule has 0 spiro atoms. The first-order valence-electron chi connectivity index (χ1n) is 11.1. The van der Waals surface area contributed by atoms with Crippen molar-refractivity contribution in [3.63, 3.8) is 0 Å². The van der Waals surface area contributed by atoms with Crippen LogP contribution in [0.25, 0.3) is 0 Å². The largest absolute Gasteiger partial charge is 0.368 e. The molecule has 1 amide bonds. The highest BCUT2D eigenvalue weighted by atomic mass is 16.5. The number of amides is 1. The monoisotopic (exact) mass is 404 g/mol. The van der Waals surface area contributed by atoms with Gasteiger partial charge in [0.05, 0.1) is 12.2 Å². The lowest BCUT2D eigenvalue weighted by molar-refractivity contribution is -0.142. The number of nitrogens with one attached hydrogen (secondary N) is 1. The van der Waals surface area contributed by atoms with E-state index >= 15 is 0 Å². The fourth-order valence-electron chi connectivity index (χ4n) is 4.27. The zero-order valence-corrected chi connectivity index (χ0v) is 18.4. The van der Waals surface area contributed by atoms with Gasteiger partial charge >= 0.3 is 0 Å². The van der Waals surface area contributed by atoms with Gasteiger partial charge in [-0.15, -0.1) is 0 Å². The summed E-state index contributed by atoms with van der Waals surface area (Å²) in [4.78, 5) is 21.7. The molecular weight excluding hydrogens is 368 g/mol. The maximum Gasteiger partial charge on any atom is 0.251 e. The van der Waals surface area contributed by atoms with E-state index in [0.717, 1.165) is 70.1 Å². The number of aryl methyl sites for hydroxylation is 2. The van der Waals surface area contributed by atoms with E-state index in [9.17, 15) is 4.79 Å². The number of hydrogen-bond donors (Lipinski definition) is 1. The van der Waals surface area contributed by atoms with Gasteiger partial charge in [-0.25, -0.2) is 4.99 Å². The van der Waals surface area contributed by atoms with Gasteiger partial charge in [0.1, 0.15) is 6.10 Å². The molecule has 8 heteroatoms. The summed E-state index contributed by atoms with van der Waals surface area (Å²) in [5.41, 5.74) is 3.64. The minimum Gasteiger partial charge on any atom is -0.368 e. The van der Waals surface area contributed by atoms with Crippen LogP contribution in [0, 0.1) is 0 Å². The highest BCUT2D eigenvalue weighted by Crippen LogP contribution is 2.18. The number of ether oxygens (including phenoxy) is 1. The van der Waals surface area contributed by atoms with Crippen LogP contribution in [-0.4, -0.2) is 76.9 Å². The maximum atomic E-state index is 12.6. The van der Waals surface area contributed by atoms with Crippen molar-refractivity contribution in [2.75, 3.05) is 39.3 Å². The average molecular weight is 405 g/mol. The molecule has 1 aromatic heterocycles. The molecule has 162 valence electrons. The van der Waals surface area contributed by atoms with Crippen LogP contribution < -0.4 is 5.32 Å². The SMILES string of the molecule is CCNC(=NCc1c(CC)nn(C)c1CC)N1CCN(C(=O)C2CCCO2)CC1. The van der Waals surface area contributed by atoms with Crippen molar-refractivity contribution < 1.29 is 9.53 Å². The van der Waals surface area contributed by atoms with Crippen molar-refractivity contribution in [3.05, 3.63) is 17.0 Å². The number of nitrogens with zero attached hydrogens (tertiary/aromatic N) is 5. The average Bonchev–Trinajstić information content (AvgIpc) is 3.38. The summed E-state index contributed by atoms with van der Waals surface area (Å²) in [6.07, 6.45) is 3.48. The summed E-state index contributed by atoms with van der Waals surface area (Å²) in [5, 5.41) is 8.08. The van der Waals surface area contributed by atoms with Gasteiger partial charge in [-0.3, -0.25) is 9.48 Å². The highest BCUT2D eigenvalue weighted by Gasteiger charge is 2.31. The molecule has 0 bridgehead atoms. The van der Waals surface area contributed by atoms with E-state index in [1.165, 1.54) is 11.3 Å². The molecule has 0 radical (unpaired) electrons. The number of guanidine groups is 1. The minimum atomic E-state index is -0.228. The number of hydrogen-bond acceptors (Lipinski definition) is 4. The molecule has 2 saturated heterocycles. The van der Waals surface area contributed by atoms with Crippen LogP contribution >= 0.6 is 0 Å². The summed E-state index contributed by atoms with van der Waals surface area (Å²) in [5.74, 6) is 1.07. The van der Waals surface area contributed by atoms with Gasteiger partial charge in [0.25, 0.3) is 5.91 Å². The van der Waals surface area contributed by atoms with E-state index < -0.39 is 0 Å². The molecule has 1 N–H and O–H groups in total. The zero-order valence-electron chi connectivity index (χ0n) is 18.4. The van der Waals surface area contributed by atoms with Crippen molar-refractivity contribution in [1.82, 2.24) is 24.9 Å². The second kappa shape index (κ2) is 10.1. The van der Waals surface area contributed by atoms with E-state index in [2.05, 4.69) is 36.1 Å². The minimum absolute atomic E-state index is 0.152. The number of carbonyl (C=O) groups excluding carboxylic acids is 1. The molecule has 2 fully saturated rings. The normalized spacial score (nSPS) is 20.4. The molecule has 1 unspecified atom stereocenters. The van der Waals surface area contributed by atoms with Crippen LogP contribution in [-0.2, 0) is 36.0 Å². The summed E-state index contributed by atoms with van der Waals surface area (Å²) >= 11 is 0. The predicted octanol–water partition coefficient (Wildman–Crippen LogP) is 1.33. The van der Waals surface area contributed by atoms with E-state index in [0.29, 0.717) is 13.2 Å². The van der Waals surface area contributed by atoms with Crippen molar-refractivity contribution in [1.29, 1.82) is 0 Å².